The molecule has 18 heavy (non-hydrogen) atoms. The van der Waals surface area contributed by atoms with Crippen molar-refractivity contribution >= 4 is 15.7 Å². The van der Waals surface area contributed by atoms with Crippen molar-refractivity contribution < 1.29 is 13.2 Å². The number of nitrogen functional groups attached to an aromatic ring is 1. The molecule has 0 aliphatic heterocycles. The van der Waals surface area contributed by atoms with Crippen LogP contribution in [0.25, 0.3) is 0 Å². The molecule has 1 fully saturated rings. The fraction of sp³-hybridized carbons (Fsp3) is 0.500. The number of primary sulfonamides is 1. The summed E-state index contributed by atoms with van der Waals surface area (Å²) in [5.74, 6) is 0.941. The summed E-state index contributed by atoms with van der Waals surface area (Å²) in [5, 5.41) is 5.07. The van der Waals surface area contributed by atoms with Crippen LogP contribution in [0.2, 0.25) is 0 Å². The van der Waals surface area contributed by atoms with Gasteiger partial charge in [0.15, 0.2) is 0 Å². The van der Waals surface area contributed by atoms with Gasteiger partial charge in [-0.1, -0.05) is 12.8 Å². The zero-order chi connectivity index (χ0) is 13.2. The molecule has 1 aromatic carbocycles. The monoisotopic (exact) mass is 270 g/mol. The highest BCUT2D eigenvalue weighted by atomic mass is 32.2. The number of sulfonamides is 1. The molecular weight excluding hydrogens is 252 g/mol. The van der Waals surface area contributed by atoms with Crippen LogP contribution in [0.15, 0.2) is 23.1 Å². The predicted molar refractivity (Wildman–Crippen MR) is 69.7 cm³/mol. The van der Waals surface area contributed by atoms with Crippen molar-refractivity contribution in [2.24, 2.45) is 11.1 Å². The summed E-state index contributed by atoms with van der Waals surface area (Å²) < 4.78 is 28.1. The highest BCUT2D eigenvalue weighted by molar-refractivity contribution is 7.89. The summed E-state index contributed by atoms with van der Waals surface area (Å²) in [6.07, 6.45) is 4.80. The number of anilines is 1. The molecule has 1 aromatic rings. The fourth-order valence-electron chi connectivity index (χ4n) is 2.20. The van der Waals surface area contributed by atoms with Crippen LogP contribution in [-0.2, 0) is 10.0 Å². The van der Waals surface area contributed by atoms with E-state index in [-0.39, 0.29) is 4.90 Å². The SMILES string of the molecule is Nc1ccc(S(N)(=O)=O)cc1OCC1CCCC1. The smallest absolute Gasteiger partial charge is 0.238 e. The first-order chi connectivity index (χ1) is 8.47. The molecule has 1 saturated carbocycles. The topological polar surface area (TPSA) is 95.4 Å². The number of hydrogen-bond acceptors (Lipinski definition) is 4. The van der Waals surface area contributed by atoms with Gasteiger partial charge in [-0.05, 0) is 30.9 Å². The van der Waals surface area contributed by atoms with Crippen LogP contribution >= 0.6 is 0 Å². The van der Waals surface area contributed by atoms with Crippen LogP contribution in [0, 0.1) is 5.92 Å². The standard InChI is InChI=1S/C12H18N2O3S/c13-11-6-5-10(18(14,15)16)7-12(11)17-8-9-3-1-2-4-9/h5-7,9H,1-4,8,13H2,(H2,14,15,16). The van der Waals surface area contributed by atoms with Crippen molar-refractivity contribution in [2.45, 2.75) is 30.6 Å². The Morgan fingerprint density at radius 3 is 2.56 bits per heavy atom. The van der Waals surface area contributed by atoms with Crippen molar-refractivity contribution in [1.82, 2.24) is 0 Å². The summed E-state index contributed by atoms with van der Waals surface area (Å²) in [5.41, 5.74) is 6.19. The Bertz CT molecular complexity index is 522. The van der Waals surface area contributed by atoms with Crippen molar-refractivity contribution in [3.63, 3.8) is 0 Å². The molecule has 0 radical (unpaired) electrons. The van der Waals surface area contributed by atoms with Crippen molar-refractivity contribution in [2.75, 3.05) is 12.3 Å². The normalized spacial score (nSPS) is 16.9. The third-order valence-corrected chi connectivity index (χ3v) is 4.17. The average Bonchev–Trinajstić information content (AvgIpc) is 2.79. The summed E-state index contributed by atoms with van der Waals surface area (Å²) in [6.45, 7) is 0.582. The van der Waals surface area contributed by atoms with E-state index in [1.54, 1.807) is 0 Å². The van der Waals surface area contributed by atoms with Crippen LogP contribution in [0.5, 0.6) is 5.75 Å². The molecule has 5 nitrogen and oxygen atoms in total. The molecule has 0 heterocycles. The van der Waals surface area contributed by atoms with E-state index in [0.717, 1.165) is 12.8 Å². The van der Waals surface area contributed by atoms with Crippen LogP contribution < -0.4 is 15.6 Å². The van der Waals surface area contributed by atoms with Gasteiger partial charge in [0.1, 0.15) is 5.75 Å². The minimum Gasteiger partial charge on any atom is -0.491 e. The summed E-state index contributed by atoms with van der Waals surface area (Å²) in [6, 6.07) is 4.27. The first-order valence-electron chi connectivity index (χ1n) is 6.02. The maximum atomic E-state index is 11.2. The van der Waals surface area contributed by atoms with Gasteiger partial charge in [-0.3, -0.25) is 0 Å². The number of nitrogens with two attached hydrogens (primary N) is 2. The molecular formula is C12H18N2O3S. The van der Waals surface area contributed by atoms with Crippen LogP contribution in [0.4, 0.5) is 5.69 Å². The molecule has 0 aromatic heterocycles. The predicted octanol–water partition coefficient (Wildman–Crippen LogP) is 1.49. The van der Waals surface area contributed by atoms with Gasteiger partial charge in [0, 0.05) is 6.07 Å². The van der Waals surface area contributed by atoms with E-state index in [2.05, 4.69) is 0 Å². The number of hydrogen-bond donors (Lipinski definition) is 2. The lowest BCUT2D eigenvalue weighted by Gasteiger charge is -2.13. The second-order valence-corrected chi connectivity index (χ2v) is 6.27. The quantitative estimate of drug-likeness (QED) is 0.810. The molecule has 0 spiro atoms. The highest BCUT2D eigenvalue weighted by Gasteiger charge is 2.17. The Hall–Kier alpha value is -1.27. The van der Waals surface area contributed by atoms with E-state index in [1.807, 2.05) is 0 Å². The van der Waals surface area contributed by atoms with Crippen LogP contribution in [0.3, 0.4) is 0 Å². The van der Waals surface area contributed by atoms with Gasteiger partial charge >= 0.3 is 0 Å². The van der Waals surface area contributed by atoms with E-state index in [9.17, 15) is 8.42 Å². The first-order valence-corrected chi connectivity index (χ1v) is 7.56. The number of benzene rings is 1. The molecule has 0 saturated heterocycles. The van der Waals surface area contributed by atoms with Crippen LogP contribution in [0.1, 0.15) is 25.7 Å². The Labute approximate surface area is 107 Å². The van der Waals surface area contributed by atoms with E-state index >= 15 is 0 Å². The Morgan fingerprint density at radius 1 is 1.28 bits per heavy atom. The van der Waals surface area contributed by atoms with Crippen molar-refractivity contribution in [1.29, 1.82) is 0 Å². The lowest BCUT2D eigenvalue weighted by atomic mass is 10.1. The van der Waals surface area contributed by atoms with Crippen molar-refractivity contribution in [3.8, 4) is 5.75 Å². The van der Waals surface area contributed by atoms with Gasteiger partial charge in [0.05, 0.1) is 17.2 Å². The Morgan fingerprint density at radius 2 is 1.94 bits per heavy atom. The second-order valence-electron chi connectivity index (χ2n) is 4.71. The molecule has 0 bridgehead atoms. The highest BCUT2D eigenvalue weighted by Crippen LogP contribution is 2.29. The van der Waals surface area contributed by atoms with Gasteiger partial charge in [-0.2, -0.15) is 0 Å². The minimum absolute atomic E-state index is 0.0260. The molecule has 1 aliphatic carbocycles. The van der Waals surface area contributed by atoms with Gasteiger partial charge < -0.3 is 10.5 Å². The molecule has 0 unspecified atom stereocenters. The van der Waals surface area contributed by atoms with E-state index < -0.39 is 10.0 Å². The third kappa shape index (κ3) is 3.14. The fourth-order valence-corrected chi connectivity index (χ4v) is 2.73. The zero-order valence-electron chi connectivity index (χ0n) is 10.1. The largest absolute Gasteiger partial charge is 0.491 e. The van der Waals surface area contributed by atoms with Crippen molar-refractivity contribution in [3.05, 3.63) is 18.2 Å². The minimum atomic E-state index is -3.71. The first kappa shape index (κ1) is 13.2. The summed E-state index contributed by atoms with van der Waals surface area (Å²) in [4.78, 5) is 0.0260. The molecule has 2 rings (SSSR count). The number of ether oxygens (including phenoxy) is 1. The zero-order valence-corrected chi connectivity index (χ0v) is 10.9. The Kier molecular flexibility index (Phi) is 3.77. The second kappa shape index (κ2) is 5.16. The summed E-state index contributed by atoms with van der Waals surface area (Å²) >= 11 is 0. The molecule has 0 atom stereocenters. The molecule has 6 heteroatoms. The molecule has 100 valence electrons. The van der Waals surface area contributed by atoms with Gasteiger partial charge in [-0.15, -0.1) is 0 Å². The average molecular weight is 270 g/mol. The van der Waals surface area contributed by atoms with Gasteiger partial charge in [0.2, 0.25) is 10.0 Å². The number of rotatable bonds is 4. The lowest BCUT2D eigenvalue weighted by Crippen LogP contribution is -2.13. The molecule has 0 amide bonds. The third-order valence-electron chi connectivity index (χ3n) is 3.26. The van der Waals surface area contributed by atoms with Crippen LogP contribution in [-0.4, -0.2) is 15.0 Å². The maximum Gasteiger partial charge on any atom is 0.238 e. The molecule has 1 aliphatic rings. The van der Waals surface area contributed by atoms with Gasteiger partial charge in [0.25, 0.3) is 0 Å². The molecule has 4 N–H and O–H groups in total. The Balaban J connectivity index is 2.11. The van der Waals surface area contributed by atoms with E-state index in [4.69, 9.17) is 15.6 Å². The lowest BCUT2D eigenvalue weighted by molar-refractivity contribution is 0.253. The van der Waals surface area contributed by atoms with E-state index in [1.165, 1.54) is 31.0 Å². The van der Waals surface area contributed by atoms with E-state index in [0.29, 0.717) is 24.0 Å². The summed E-state index contributed by atoms with van der Waals surface area (Å²) in [7, 11) is -3.71. The maximum absolute atomic E-state index is 11.2. The van der Waals surface area contributed by atoms with Gasteiger partial charge in [-0.25, -0.2) is 13.6 Å².